The lowest BCUT2D eigenvalue weighted by Crippen LogP contribution is -2.32. The lowest BCUT2D eigenvalue weighted by atomic mass is 10.2. The first kappa shape index (κ1) is 11.5. The standard InChI is InChI=1S/C10H13IN2O/c1-6-5-8(11)3-4-9(6)13-10(14)7(2)12/h3-5,7H,12H2,1-2H3,(H,13,14)/t7-/m1/s1. The maximum absolute atomic E-state index is 11.3. The highest BCUT2D eigenvalue weighted by Gasteiger charge is 2.08. The number of amides is 1. The number of benzene rings is 1. The van der Waals surface area contributed by atoms with Gasteiger partial charge in [-0.05, 0) is 60.2 Å². The second-order valence-electron chi connectivity index (χ2n) is 3.24. The number of hydrogen-bond donors (Lipinski definition) is 2. The van der Waals surface area contributed by atoms with Crippen LogP contribution in [0.1, 0.15) is 12.5 Å². The van der Waals surface area contributed by atoms with E-state index in [4.69, 9.17) is 5.73 Å². The molecule has 1 aromatic rings. The minimum absolute atomic E-state index is 0.158. The van der Waals surface area contributed by atoms with Gasteiger partial charge in [-0.15, -0.1) is 0 Å². The average Bonchev–Trinajstić information content (AvgIpc) is 2.09. The number of nitrogens with two attached hydrogens (primary N) is 1. The largest absolute Gasteiger partial charge is 0.325 e. The maximum atomic E-state index is 11.3. The summed E-state index contributed by atoms with van der Waals surface area (Å²) in [6.45, 7) is 3.62. The van der Waals surface area contributed by atoms with Gasteiger partial charge >= 0.3 is 0 Å². The molecule has 0 aliphatic rings. The lowest BCUT2D eigenvalue weighted by Gasteiger charge is -2.10. The van der Waals surface area contributed by atoms with Gasteiger partial charge in [-0.25, -0.2) is 0 Å². The molecule has 3 N–H and O–H groups in total. The highest BCUT2D eigenvalue weighted by Crippen LogP contribution is 2.17. The van der Waals surface area contributed by atoms with Gasteiger partial charge in [0.2, 0.25) is 5.91 Å². The van der Waals surface area contributed by atoms with Crippen molar-refractivity contribution in [2.45, 2.75) is 19.9 Å². The van der Waals surface area contributed by atoms with Crippen molar-refractivity contribution in [3.63, 3.8) is 0 Å². The van der Waals surface area contributed by atoms with Crippen LogP contribution < -0.4 is 11.1 Å². The lowest BCUT2D eigenvalue weighted by molar-refractivity contribution is -0.117. The molecular formula is C10H13IN2O. The molecule has 1 atom stereocenters. The highest BCUT2D eigenvalue weighted by atomic mass is 127. The number of hydrogen-bond acceptors (Lipinski definition) is 2. The number of aryl methyl sites for hydroxylation is 1. The molecule has 4 heteroatoms. The van der Waals surface area contributed by atoms with E-state index in [1.807, 2.05) is 25.1 Å². The molecule has 3 nitrogen and oxygen atoms in total. The van der Waals surface area contributed by atoms with Crippen LogP contribution in [0, 0.1) is 10.5 Å². The Labute approximate surface area is 97.2 Å². The quantitative estimate of drug-likeness (QED) is 0.820. The molecule has 0 bridgehead atoms. The zero-order valence-corrected chi connectivity index (χ0v) is 10.3. The summed E-state index contributed by atoms with van der Waals surface area (Å²) in [6.07, 6.45) is 0. The van der Waals surface area contributed by atoms with Crippen LogP contribution in [0.5, 0.6) is 0 Å². The summed E-state index contributed by atoms with van der Waals surface area (Å²) in [6, 6.07) is 5.37. The fourth-order valence-electron chi connectivity index (χ4n) is 1.01. The molecule has 0 saturated carbocycles. The molecule has 76 valence electrons. The first-order valence-electron chi connectivity index (χ1n) is 4.33. The molecule has 1 rings (SSSR count). The second kappa shape index (κ2) is 4.75. The van der Waals surface area contributed by atoms with Crippen molar-refractivity contribution >= 4 is 34.2 Å². The summed E-state index contributed by atoms with van der Waals surface area (Å²) in [7, 11) is 0. The number of anilines is 1. The Morgan fingerprint density at radius 2 is 2.21 bits per heavy atom. The van der Waals surface area contributed by atoms with E-state index in [-0.39, 0.29) is 5.91 Å². The summed E-state index contributed by atoms with van der Waals surface area (Å²) in [5.74, 6) is -0.158. The Morgan fingerprint density at radius 3 is 2.71 bits per heavy atom. The van der Waals surface area contributed by atoms with E-state index >= 15 is 0 Å². The molecule has 0 fully saturated rings. The number of halogens is 1. The molecule has 0 aliphatic carbocycles. The van der Waals surface area contributed by atoms with Crippen molar-refractivity contribution in [1.29, 1.82) is 0 Å². The number of rotatable bonds is 2. The summed E-state index contributed by atoms with van der Waals surface area (Å²) in [5.41, 5.74) is 7.32. The monoisotopic (exact) mass is 304 g/mol. The first-order valence-corrected chi connectivity index (χ1v) is 5.41. The van der Waals surface area contributed by atoms with Crippen LogP contribution in [0.15, 0.2) is 18.2 Å². The molecule has 0 aliphatic heterocycles. The Balaban J connectivity index is 2.82. The van der Waals surface area contributed by atoms with Gasteiger partial charge in [0, 0.05) is 9.26 Å². The SMILES string of the molecule is Cc1cc(I)ccc1NC(=O)[C@@H](C)N. The van der Waals surface area contributed by atoms with Crippen molar-refractivity contribution < 1.29 is 4.79 Å². The van der Waals surface area contributed by atoms with Crippen LogP contribution in [0.25, 0.3) is 0 Å². The van der Waals surface area contributed by atoms with Gasteiger partial charge in [0.1, 0.15) is 0 Å². The Bertz CT molecular complexity index is 350. The van der Waals surface area contributed by atoms with Gasteiger partial charge in [0.15, 0.2) is 0 Å². The highest BCUT2D eigenvalue weighted by molar-refractivity contribution is 14.1. The second-order valence-corrected chi connectivity index (χ2v) is 4.48. The van der Waals surface area contributed by atoms with E-state index in [9.17, 15) is 4.79 Å². The third kappa shape index (κ3) is 2.95. The molecule has 0 aromatic heterocycles. The molecule has 0 unspecified atom stereocenters. The smallest absolute Gasteiger partial charge is 0.241 e. The molecular weight excluding hydrogens is 291 g/mol. The zero-order chi connectivity index (χ0) is 10.7. The van der Waals surface area contributed by atoms with E-state index in [1.54, 1.807) is 6.92 Å². The van der Waals surface area contributed by atoms with Crippen molar-refractivity contribution in [2.75, 3.05) is 5.32 Å². The molecule has 0 spiro atoms. The van der Waals surface area contributed by atoms with Crippen LogP contribution in [-0.2, 0) is 4.79 Å². The molecule has 14 heavy (non-hydrogen) atoms. The number of carbonyl (C=O) groups is 1. The van der Waals surface area contributed by atoms with E-state index in [1.165, 1.54) is 0 Å². The fourth-order valence-corrected chi connectivity index (χ4v) is 1.66. The predicted molar refractivity (Wildman–Crippen MR) is 66.2 cm³/mol. The Hall–Kier alpha value is -0.620. The molecule has 0 saturated heterocycles. The number of carbonyl (C=O) groups excluding carboxylic acids is 1. The fraction of sp³-hybridized carbons (Fsp3) is 0.300. The van der Waals surface area contributed by atoms with Crippen molar-refractivity contribution in [3.05, 3.63) is 27.3 Å². The first-order chi connectivity index (χ1) is 6.50. The predicted octanol–water partition coefficient (Wildman–Crippen LogP) is 1.89. The molecule has 0 radical (unpaired) electrons. The van der Waals surface area contributed by atoms with Gasteiger partial charge in [-0.3, -0.25) is 4.79 Å². The van der Waals surface area contributed by atoms with E-state index in [0.29, 0.717) is 0 Å². The third-order valence-corrected chi connectivity index (χ3v) is 2.53. The van der Waals surface area contributed by atoms with Gasteiger partial charge in [0.25, 0.3) is 0 Å². The van der Waals surface area contributed by atoms with Gasteiger partial charge in [-0.2, -0.15) is 0 Å². The average molecular weight is 304 g/mol. The summed E-state index contributed by atoms with van der Waals surface area (Å²) in [4.78, 5) is 11.3. The van der Waals surface area contributed by atoms with Crippen LogP contribution in [-0.4, -0.2) is 11.9 Å². The van der Waals surface area contributed by atoms with Gasteiger partial charge in [0.05, 0.1) is 6.04 Å². The van der Waals surface area contributed by atoms with Crippen LogP contribution in [0.2, 0.25) is 0 Å². The summed E-state index contributed by atoms with van der Waals surface area (Å²) >= 11 is 2.23. The maximum Gasteiger partial charge on any atom is 0.241 e. The Kier molecular flexibility index (Phi) is 3.88. The normalized spacial score (nSPS) is 12.3. The van der Waals surface area contributed by atoms with Crippen LogP contribution in [0.4, 0.5) is 5.69 Å². The topological polar surface area (TPSA) is 55.1 Å². The molecule has 1 aromatic carbocycles. The molecule has 0 heterocycles. The van der Waals surface area contributed by atoms with Gasteiger partial charge in [-0.1, -0.05) is 0 Å². The van der Waals surface area contributed by atoms with Crippen LogP contribution in [0.3, 0.4) is 0 Å². The summed E-state index contributed by atoms with van der Waals surface area (Å²) in [5, 5.41) is 2.77. The third-order valence-electron chi connectivity index (χ3n) is 1.86. The van der Waals surface area contributed by atoms with Crippen LogP contribution >= 0.6 is 22.6 Å². The molecule has 1 amide bonds. The van der Waals surface area contributed by atoms with E-state index in [0.717, 1.165) is 14.8 Å². The zero-order valence-electron chi connectivity index (χ0n) is 8.17. The van der Waals surface area contributed by atoms with Crippen molar-refractivity contribution in [2.24, 2.45) is 5.73 Å². The number of nitrogens with one attached hydrogen (secondary N) is 1. The van der Waals surface area contributed by atoms with E-state index < -0.39 is 6.04 Å². The van der Waals surface area contributed by atoms with E-state index in [2.05, 4.69) is 27.9 Å². The van der Waals surface area contributed by atoms with Gasteiger partial charge < -0.3 is 11.1 Å². The van der Waals surface area contributed by atoms with Crippen molar-refractivity contribution in [1.82, 2.24) is 0 Å². The minimum atomic E-state index is -0.478. The Morgan fingerprint density at radius 1 is 1.57 bits per heavy atom. The summed E-state index contributed by atoms with van der Waals surface area (Å²) < 4.78 is 1.15. The van der Waals surface area contributed by atoms with Crippen molar-refractivity contribution in [3.8, 4) is 0 Å². The minimum Gasteiger partial charge on any atom is -0.325 e.